The summed E-state index contributed by atoms with van der Waals surface area (Å²) in [4.78, 5) is 27.9. The van der Waals surface area contributed by atoms with Crippen LogP contribution in [0.4, 0.5) is 10.8 Å². The van der Waals surface area contributed by atoms with E-state index in [0.717, 1.165) is 15.6 Å². The Balaban J connectivity index is 1.59. The smallest absolute Gasteiger partial charge is 0.293 e. The van der Waals surface area contributed by atoms with Crippen LogP contribution < -0.4 is 10.6 Å². The largest absolute Gasteiger partial charge is 0.451 e. The minimum absolute atomic E-state index is 0.137. The van der Waals surface area contributed by atoms with Crippen molar-refractivity contribution in [1.82, 2.24) is 4.98 Å². The molecule has 0 bridgehead atoms. The SMILES string of the molecule is CC(=O)Nc1ccc2nc(NC(=O)c3cc4ccccc4o3)sc2c1. The maximum Gasteiger partial charge on any atom is 0.293 e. The molecule has 0 saturated carbocycles. The predicted molar refractivity (Wildman–Crippen MR) is 98.1 cm³/mol. The van der Waals surface area contributed by atoms with Gasteiger partial charge in [0.05, 0.1) is 10.2 Å². The number of carbonyl (C=O) groups is 2. The summed E-state index contributed by atoms with van der Waals surface area (Å²) < 4.78 is 6.42. The molecule has 0 fully saturated rings. The average molecular weight is 351 g/mol. The Kier molecular flexibility index (Phi) is 3.70. The van der Waals surface area contributed by atoms with E-state index in [4.69, 9.17) is 4.42 Å². The fourth-order valence-corrected chi connectivity index (χ4v) is 3.41. The number of nitrogens with one attached hydrogen (secondary N) is 2. The molecule has 0 aliphatic carbocycles. The van der Waals surface area contributed by atoms with Crippen LogP contribution in [0.25, 0.3) is 21.2 Å². The molecule has 0 unspecified atom stereocenters. The van der Waals surface area contributed by atoms with Crippen molar-refractivity contribution in [3.8, 4) is 0 Å². The fraction of sp³-hybridized carbons (Fsp3) is 0.0556. The highest BCUT2D eigenvalue weighted by Gasteiger charge is 2.14. The number of fused-ring (bicyclic) bond motifs is 2. The van der Waals surface area contributed by atoms with Crippen molar-refractivity contribution in [1.29, 1.82) is 0 Å². The van der Waals surface area contributed by atoms with Crippen LogP contribution in [0.3, 0.4) is 0 Å². The van der Waals surface area contributed by atoms with Crippen LogP contribution in [-0.4, -0.2) is 16.8 Å². The first-order valence-corrected chi connectivity index (χ1v) is 8.38. The van der Waals surface area contributed by atoms with Gasteiger partial charge in [-0.2, -0.15) is 0 Å². The van der Waals surface area contributed by atoms with E-state index in [-0.39, 0.29) is 17.6 Å². The Morgan fingerprint density at radius 2 is 1.92 bits per heavy atom. The summed E-state index contributed by atoms with van der Waals surface area (Å²) in [6.45, 7) is 1.45. The average Bonchev–Trinajstić information content (AvgIpc) is 3.16. The number of hydrogen-bond donors (Lipinski definition) is 2. The van der Waals surface area contributed by atoms with Crippen molar-refractivity contribution in [2.24, 2.45) is 0 Å². The number of anilines is 2. The number of rotatable bonds is 3. The standard InChI is InChI=1S/C18H13N3O3S/c1-10(22)19-12-6-7-13-16(9-12)25-18(20-13)21-17(23)15-8-11-4-2-3-5-14(11)24-15/h2-9H,1H3,(H,19,22)(H,20,21,23). The lowest BCUT2D eigenvalue weighted by molar-refractivity contribution is -0.114. The zero-order chi connectivity index (χ0) is 17.4. The summed E-state index contributed by atoms with van der Waals surface area (Å²) in [5.41, 5.74) is 2.11. The van der Waals surface area contributed by atoms with Gasteiger partial charge in [-0.25, -0.2) is 4.98 Å². The third-order valence-corrected chi connectivity index (χ3v) is 4.51. The first-order valence-electron chi connectivity index (χ1n) is 7.56. The van der Waals surface area contributed by atoms with Gasteiger partial charge in [-0.3, -0.25) is 14.9 Å². The van der Waals surface area contributed by atoms with E-state index >= 15 is 0 Å². The zero-order valence-corrected chi connectivity index (χ0v) is 14.0. The molecule has 4 rings (SSSR count). The number of benzene rings is 2. The maximum absolute atomic E-state index is 12.4. The molecule has 0 spiro atoms. The van der Waals surface area contributed by atoms with E-state index in [9.17, 15) is 9.59 Å². The Morgan fingerprint density at radius 1 is 1.08 bits per heavy atom. The van der Waals surface area contributed by atoms with E-state index in [1.165, 1.54) is 18.3 Å². The van der Waals surface area contributed by atoms with Crippen molar-refractivity contribution in [2.75, 3.05) is 10.6 Å². The van der Waals surface area contributed by atoms with E-state index in [1.54, 1.807) is 18.2 Å². The minimum Gasteiger partial charge on any atom is -0.451 e. The molecule has 25 heavy (non-hydrogen) atoms. The molecule has 0 saturated heterocycles. The Hall–Kier alpha value is -3.19. The van der Waals surface area contributed by atoms with Gasteiger partial charge in [0, 0.05) is 18.0 Å². The number of nitrogens with zero attached hydrogens (tertiary/aromatic N) is 1. The number of para-hydroxylation sites is 1. The monoisotopic (exact) mass is 351 g/mol. The summed E-state index contributed by atoms with van der Waals surface area (Å²) in [7, 11) is 0. The first kappa shape index (κ1) is 15.3. The summed E-state index contributed by atoms with van der Waals surface area (Å²) in [5, 5.41) is 6.83. The predicted octanol–water partition coefficient (Wildman–Crippen LogP) is 4.25. The van der Waals surface area contributed by atoms with Gasteiger partial charge in [-0.15, -0.1) is 0 Å². The fourth-order valence-electron chi connectivity index (χ4n) is 2.51. The zero-order valence-electron chi connectivity index (χ0n) is 13.2. The molecule has 2 heterocycles. The molecule has 4 aromatic rings. The molecule has 7 heteroatoms. The molecular formula is C18H13N3O3S. The normalized spacial score (nSPS) is 10.9. The van der Waals surface area contributed by atoms with Gasteiger partial charge < -0.3 is 9.73 Å². The van der Waals surface area contributed by atoms with Gasteiger partial charge in [0.25, 0.3) is 5.91 Å². The van der Waals surface area contributed by atoms with Crippen LogP contribution in [0, 0.1) is 0 Å². The highest BCUT2D eigenvalue weighted by atomic mass is 32.1. The second kappa shape index (κ2) is 6.03. The van der Waals surface area contributed by atoms with Gasteiger partial charge in [0.1, 0.15) is 5.58 Å². The molecular weight excluding hydrogens is 338 g/mol. The minimum atomic E-state index is -0.350. The number of furan rings is 1. The molecule has 2 N–H and O–H groups in total. The Labute approximate surface area is 146 Å². The van der Waals surface area contributed by atoms with E-state index in [1.807, 2.05) is 30.3 Å². The van der Waals surface area contributed by atoms with Crippen LogP contribution >= 0.6 is 11.3 Å². The highest BCUT2D eigenvalue weighted by Crippen LogP contribution is 2.29. The summed E-state index contributed by atoms with van der Waals surface area (Å²) >= 11 is 1.33. The number of carbonyl (C=O) groups excluding carboxylic acids is 2. The first-order chi connectivity index (χ1) is 12.1. The lowest BCUT2D eigenvalue weighted by Gasteiger charge is -1.99. The number of thiazole rings is 1. The number of amides is 2. The van der Waals surface area contributed by atoms with Gasteiger partial charge in [0.2, 0.25) is 5.91 Å². The van der Waals surface area contributed by atoms with E-state index < -0.39 is 0 Å². The third-order valence-electron chi connectivity index (χ3n) is 3.58. The highest BCUT2D eigenvalue weighted by molar-refractivity contribution is 7.22. The quantitative estimate of drug-likeness (QED) is 0.578. The maximum atomic E-state index is 12.4. The van der Waals surface area contributed by atoms with Crippen LogP contribution in [0.2, 0.25) is 0 Å². The van der Waals surface area contributed by atoms with Crippen LogP contribution in [0.1, 0.15) is 17.5 Å². The second-order valence-electron chi connectivity index (χ2n) is 5.49. The van der Waals surface area contributed by atoms with Crippen molar-refractivity contribution in [2.45, 2.75) is 6.92 Å². The van der Waals surface area contributed by atoms with Gasteiger partial charge in [0.15, 0.2) is 10.9 Å². The molecule has 0 aliphatic heterocycles. The molecule has 6 nitrogen and oxygen atoms in total. The van der Waals surface area contributed by atoms with Crippen molar-refractivity contribution in [3.05, 3.63) is 54.3 Å². The summed E-state index contributed by atoms with van der Waals surface area (Å²) in [6, 6.07) is 14.5. The van der Waals surface area contributed by atoms with E-state index in [2.05, 4.69) is 15.6 Å². The van der Waals surface area contributed by atoms with Gasteiger partial charge >= 0.3 is 0 Å². The topological polar surface area (TPSA) is 84.2 Å². The molecule has 2 amide bonds. The van der Waals surface area contributed by atoms with Crippen molar-refractivity contribution < 1.29 is 14.0 Å². The van der Waals surface area contributed by atoms with Gasteiger partial charge in [-0.1, -0.05) is 29.5 Å². The lowest BCUT2D eigenvalue weighted by Crippen LogP contribution is -2.10. The number of hydrogen-bond acceptors (Lipinski definition) is 5. The van der Waals surface area contributed by atoms with E-state index in [0.29, 0.717) is 16.4 Å². The second-order valence-corrected chi connectivity index (χ2v) is 6.52. The number of aromatic nitrogens is 1. The summed E-state index contributed by atoms with van der Waals surface area (Å²) in [5.74, 6) is -0.251. The molecule has 2 aromatic carbocycles. The van der Waals surface area contributed by atoms with Gasteiger partial charge in [-0.05, 0) is 30.3 Å². The van der Waals surface area contributed by atoms with Crippen molar-refractivity contribution >= 4 is 55.2 Å². The Morgan fingerprint density at radius 3 is 2.72 bits per heavy atom. The lowest BCUT2D eigenvalue weighted by atomic mass is 10.2. The van der Waals surface area contributed by atoms with Crippen molar-refractivity contribution in [3.63, 3.8) is 0 Å². The third kappa shape index (κ3) is 3.09. The molecule has 0 aliphatic rings. The van der Waals surface area contributed by atoms with Crippen LogP contribution in [0.15, 0.2) is 52.9 Å². The molecule has 2 aromatic heterocycles. The van der Waals surface area contributed by atoms with Crippen LogP contribution in [-0.2, 0) is 4.79 Å². The summed E-state index contributed by atoms with van der Waals surface area (Å²) in [6.07, 6.45) is 0. The Bertz CT molecular complexity index is 1080. The molecule has 0 radical (unpaired) electrons. The van der Waals surface area contributed by atoms with Crippen LogP contribution in [0.5, 0.6) is 0 Å². The molecule has 0 atom stereocenters. The molecule has 124 valence electrons.